The van der Waals surface area contributed by atoms with Crippen molar-refractivity contribution < 1.29 is 9.53 Å². The van der Waals surface area contributed by atoms with Gasteiger partial charge in [-0.05, 0) is 20.3 Å². The van der Waals surface area contributed by atoms with E-state index in [1.54, 1.807) is 18.1 Å². The van der Waals surface area contributed by atoms with E-state index in [0.717, 1.165) is 32.7 Å². The molecule has 2 aliphatic heterocycles. The Labute approximate surface area is 131 Å². The van der Waals surface area contributed by atoms with Gasteiger partial charge in [-0.25, -0.2) is 4.98 Å². The lowest BCUT2D eigenvalue weighted by atomic mass is 9.93. The van der Waals surface area contributed by atoms with Gasteiger partial charge in [-0.15, -0.1) is 5.10 Å². The van der Waals surface area contributed by atoms with Crippen LogP contribution in [0.5, 0.6) is 0 Å². The maximum absolute atomic E-state index is 12.5. The van der Waals surface area contributed by atoms with Crippen molar-refractivity contribution in [2.45, 2.75) is 32.4 Å². The van der Waals surface area contributed by atoms with Crippen molar-refractivity contribution in [1.29, 1.82) is 0 Å². The van der Waals surface area contributed by atoms with Crippen LogP contribution in [0.25, 0.3) is 0 Å². The Morgan fingerprint density at radius 3 is 2.86 bits per heavy atom. The highest BCUT2D eigenvalue weighted by molar-refractivity contribution is 5.90. The van der Waals surface area contributed by atoms with E-state index in [-0.39, 0.29) is 17.8 Å². The third-order valence-corrected chi connectivity index (χ3v) is 4.68. The Morgan fingerprint density at radius 1 is 1.36 bits per heavy atom. The van der Waals surface area contributed by atoms with E-state index in [9.17, 15) is 4.79 Å². The van der Waals surface area contributed by atoms with Gasteiger partial charge in [-0.1, -0.05) is 0 Å². The number of fused-ring (bicyclic) bond motifs is 1. The van der Waals surface area contributed by atoms with Crippen LogP contribution in [0.4, 0.5) is 0 Å². The molecule has 22 heavy (non-hydrogen) atoms. The van der Waals surface area contributed by atoms with Crippen molar-refractivity contribution in [2.75, 3.05) is 32.8 Å². The number of aromatic nitrogens is 3. The maximum Gasteiger partial charge on any atom is 0.293 e. The van der Waals surface area contributed by atoms with E-state index in [1.807, 2.05) is 4.90 Å². The number of amides is 1. The molecule has 0 saturated carbocycles. The molecule has 0 N–H and O–H groups in total. The van der Waals surface area contributed by atoms with Crippen molar-refractivity contribution in [3.05, 3.63) is 12.2 Å². The number of nitrogens with zero attached hydrogens (tertiary/aromatic N) is 5. The highest BCUT2D eigenvalue weighted by Gasteiger charge is 2.36. The highest BCUT2D eigenvalue weighted by Crippen LogP contribution is 2.25. The predicted octanol–water partition coefficient (Wildman–Crippen LogP) is 0.386. The molecule has 3 heterocycles. The third kappa shape index (κ3) is 3.15. The molecule has 1 amide bonds. The van der Waals surface area contributed by atoms with Gasteiger partial charge in [-0.3, -0.25) is 14.4 Å². The number of aryl methyl sites for hydroxylation is 1. The predicted molar refractivity (Wildman–Crippen MR) is 81.5 cm³/mol. The zero-order chi connectivity index (χ0) is 15.7. The molecule has 2 saturated heterocycles. The van der Waals surface area contributed by atoms with E-state index in [0.29, 0.717) is 18.5 Å². The Hall–Kier alpha value is -1.47. The molecule has 2 aliphatic rings. The molecule has 0 bridgehead atoms. The van der Waals surface area contributed by atoms with Crippen LogP contribution in [0.15, 0.2) is 6.33 Å². The summed E-state index contributed by atoms with van der Waals surface area (Å²) >= 11 is 0. The van der Waals surface area contributed by atoms with Gasteiger partial charge in [0.2, 0.25) is 5.82 Å². The molecule has 1 aromatic rings. The van der Waals surface area contributed by atoms with Gasteiger partial charge < -0.3 is 9.64 Å². The smallest absolute Gasteiger partial charge is 0.293 e. The number of carbonyl (C=O) groups excluding carboxylic acids is 1. The first kappa shape index (κ1) is 15.4. The van der Waals surface area contributed by atoms with E-state index < -0.39 is 0 Å². The van der Waals surface area contributed by atoms with Crippen molar-refractivity contribution in [1.82, 2.24) is 24.6 Å². The van der Waals surface area contributed by atoms with Gasteiger partial charge in [-0.2, -0.15) is 0 Å². The second-order valence-corrected chi connectivity index (χ2v) is 6.54. The summed E-state index contributed by atoms with van der Waals surface area (Å²) in [6, 6.07) is 0.541. The molecular formula is C15H25N5O2. The zero-order valence-corrected chi connectivity index (χ0v) is 13.6. The summed E-state index contributed by atoms with van der Waals surface area (Å²) in [5.74, 6) is 0.691. The van der Waals surface area contributed by atoms with E-state index in [2.05, 4.69) is 28.8 Å². The molecule has 1 aromatic heterocycles. The topological polar surface area (TPSA) is 63.5 Å². The van der Waals surface area contributed by atoms with Gasteiger partial charge in [0.25, 0.3) is 5.91 Å². The van der Waals surface area contributed by atoms with Crippen LogP contribution in [-0.4, -0.2) is 75.4 Å². The molecule has 0 spiro atoms. The average molecular weight is 307 g/mol. The third-order valence-electron chi connectivity index (χ3n) is 4.68. The van der Waals surface area contributed by atoms with Crippen molar-refractivity contribution in [3.8, 4) is 0 Å². The number of rotatable bonds is 2. The zero-order valence-electron chi connectivity index (χ0n) is 13.6. The SMILES string of the molecule is CC(C)N1CCOC2CN(C(=O)c3ncn(C)n3)CCC2C1. The molecule has 0 aliphatic carbocycles. The summed E-state index contributed by atoms with van der Waals surface area (Å²) in [6.45, 7) is 8.63. The fourth-order valence-corrected chi connectivity index (χ4v) is 3.31. The lowest BCUT2D eigenvalue weighted by molar-refractivity contribution is -0.0174. The first-order chi connectivity index (χ1) is 10.5. The van der Waals surface area contributed by atoms with Crippen LogP contribution in [0.3, 0.4) is 0 Å². The monoisotopic (exact) mass is 307 g/mol. The largest absolute Gasteiger partial charge is 0.375 e. The van der Waals surface area contributed by atoms with E-state index in [4.69, 9.17) is 4.74 Å². The highest BCUT2D eigenvalue weighted by atomic mass is 16.5. The van der Waals surface area contributed by atoms with Crippen molar-refractivity contribution in [2.24, 2.45) is 13.0 Å². The second-order valence-electron chi connectivity index (χ2n) is 6.54. The van der Waals surface area contributed by atoms with Gasteiger partial charge in [0, 0.05) is 45.2 Å². The minimum absolute atomic E-state index is 0.0902. The summed E-state index contributed by atoms with van der Waals surface area (Å²) in [5, 5.41) is 4.11. The first-order valence-corrected chi connectivity index (χ1v) is 8.05. The minimum atomic E-state index is -0.0902. The molecule has 122 valence electrons. The molecule has 0 radical (unpaired) electrons. The lowest BCUT2D eigenvalue weighted by Crippen LogP contribution is -2.49. The summed E-state index contributed by atoms with van der Waals surface area (Å²) in [7, 11) is 1.77. The number of likely N-dealkylation sites (tertiary alicyclic amines) is 1. The standard InChI is InChI=1S/C15H25N5O2/c1-11(2)19-6-7-22-13-9-20(5-4-12(13)8-19)15(21)14-16-10-18(3)17-14/h10-13H,4-9H2,1-3H3. The number of carbonyl (C=O) groups is 1. The lowest BCUT2D eigenvalue weighted by Gasteiger charge is -2.38. The van der Waals surface area contributed by atoms with Crippen LogP contribution in [0.1, 0.15) is 30.9 Å². The molecule has 2 fully saturated rings. The van der Waals surface area contributed by atoms with Gasteiger partial charge >= 0.3 is 0 Å². The summed E-state index contributed by atoms with van der Waals surface area (Å²) in [6.07, 6.45) is 2.67. The van der Waals surface area contributed by atoms with Gasteiger partial charge in [0.05, 0.1) is 12.7 Å². The summed E-state index contributed by atoms with van der Waals surface area (Å²) in [5.41, 5.74) is 0. The summed E-state index contributed by atoms with van der Waals surface area (Å²) < 4.78 is 7.59. The Bertz CT molecular complexity index is 530. The van der Waals surface area contributed by atoms with Crippen LogP contribution in [0, 0.1) is 5.92 Å². The van der Waals surface area contributed by atoms with Crippen LogP contribution >= 0.6 is 0 Å². The number of hydrogen-bond donors (Lipinski definition) is 0. The first-order valence-electron chi connectivity index (χ1n) is 8.05. The van der Waals surface area contributed by atoms with Crippen LogP contribution in [-0.2, 0) is 11.8 Å². The van der Waals surface area contributed by atoms with Crippen LogP contribution in [0.2, 0.25) is 0 Å². The molecule has 7 nitrogen and oxygen atoms in total. The number of piperidine rings is 1. The van der Waals surface area contributed by atoms with Gasteiger partial charge in [0.1, 0.15) is 6.33 Å². The van der Waals surface area contributed by atoms with Crippen molar-refractivity contribution in [3.63, 3.8) is 0 Å². The molecule has 2 atom stereocenters. The van der Waals surface area contributed by atoms with E-state index >= 15 is 0 Å². The Kier molecular flexibility index (Phi) is 4.44. The molecular weight excluding hydrogens is 282 g/mol. The van der Waals surface area contributed by atoms with Gasteiger partial charge in [0.15, 0.2) is 0 Å². The molecule has 7 heteroatoms. The quantitative estimate of drug-likeness (QED) is 0.791. The minimum Gasteiger partial charge on any atom is -0.375 e. The fourth-order valence-electron chi connectivity index (χ4n) is 3.31. The van der Waals surface area contributed by atoms with E-state index in [1.165, 1.54) is 0 Å². The van der Waals surface area contributed by atoms with Crippen molar-refractivity contribution >= 4 is 5.91 Å². The number of ether oxygens (including phenoxy) is 1. The summed E-state index contributed by atoms with van der Waals surface area (Å²) in [4.78, 5) is 20.8. The Balaban J connectivity index is 1.65. The fraction of sp³-hybridized carbons (Fsp3) is 0.800. The normalized spacial score (nSPS) is 26.8. The average Bonchev–Trinajstić information content (AvgIpc) is 2.81. The second kappa shape index (κ2) is 6.34. The molecule has 3 rings (SSSR count). The maximum atomic E-state index is 12.5. The molecule has 0 aromatic carbocycles. The molecule has 2 unspecified atom stereocenters. The van der Waals surface area contributed by atoms with Crippen LogP contribution < -0.4 is 0 Å². The number of hydrogen-bond acceptors (Lipinski definition) is 5. The Morgan fingerprint density at radius 2 is 2.18 bits per heavy atom.